The van der Waals surface area contributed by atoms with Crippen LogP contribution in [0.3, 0.4) is 0 Å². The molecule has 2 aromatic rings. The number of aliphatic imine (C=N–C) groups is 1. The van der Waals surface area contributed by atoms with Gasteiger partial charge in [0.25, 0.3) is 0 Å². The number of nitrogens with zero attached hydrogens (tertiary/aromatic N) is 3. The van der Waals surface area contributed by atoms with Crippen LogP contribution < -0.4 is 0 Å². The van der Waals surface area contributed by atoms with E-state index < -0.39 is 0 Å². The van der Waals surface area contributed by atoms with Crippen LogP contribution in [-0.4, -0.2) is 35.8 Å². The number of halogens is 2. The van der Waals surface area contributed by atoms with E-state index in [2.05, 4.69) is 66.2 Å². The molecule has 1 spiro atoms. The summed E-state index contributed by atoms with van der Waals surface area (Å²) in [5, 5.41) is 0. The monoisotopic (exact) mass is 389 g/mol. The van der Waals surface area contributed by atoms with E-state index in [0.717, 1.165) is 5.69 Å². The molecule has 0 N–H and O–H groups in total. The van der Waals surface area contributed by atoms with E-state index in [1.807, 2.05) is 0 Å². The van der Waals surface area contributed by atoms with Gasteiger partial charge >= 0.3 is 0 Å². The van der Waals surface area contributed by atoms with E-state index in [1.54, 1.807) is 0 Å². The Hall–Kier alpha value is -1.55. The van der Waals surface area contributed by atoms with Gasteiger partial charge in [-0.15, -0.1) is 24.8 Å². The van der Waals surface area contributed by atoms with Crippen molar-refractivity contribution < 1.29 is 0 Å². The minimum absolute atomic E-state index is 0. The van der Waals surface area contributed by atoms with Crippen molar-refractivity contribution in [1.82, 2.24) is 9.47 Å². The zero-order valence-corrected chi connectivity index (χ0v) is 16.9. The van der Waals surface area contributed by atoms with Gasteiger partial charge in [0.05, 0.1) is 17.1 Å². The van der Waals surface area contributed by atoms with Gasteiger partial charge in [-0.25, -0.2) is 0 Å². The lowest BCUT2D eigenvalue weighted by Gasteiger charge is -2.41. The fourth-order valence-corrected chi connectivity index (χ4v) is 4.59. The number of aromatic nitrogens is 1. The molecule has 0 radical (unpaired) electrons. The smallest absolute Gasteiger partial charge is 0.0899 e. The minimum atomic E-state index is 0. The third-order valence-electron chi connectivity index (χ3n) is 6.04. The largest absolute Gasteiger partial charge is 0.314 e. The molecule has 1 aliphatic carbocycles. The maximum absolute atomic E-state index is 4.87. The molecule has 0 bridgehead atoms. The van der Waals surface area contributed by atoms with Crippen molar-refractivity contribution in [3.05, 3.63) is 53.4 Å². The molecule has 3 heterocycles. The van der Waals surface area contributed by atoms with Crippen molar-refractivity contribution in [3.8, 4) is 5.69 Å². The summed E-state index contributed by atoms with van der Waals surface area (Å²) < 4.78 is 2.35. The summed E-state index contributed by atoms with van der Waals surface area (Å²) >= 11 is 0. The molecule has 1 aromatic carbocycles. The Morgan fingerprint density at radius 1 is 1.08 bits per heavy atom. The Bertz CT molecular complexity index is 887. The van der Waals surface area contributed by atoms with Gasteiger partial charge in [0.2, 0.25) is 0 Å². The van der Waals surface area contributed by atoms with Gasteiger partial charge in [0.1, 0.15) is 0 Å². The van der Waals surface area contributed by atoms with Crippen molar-refractivity contribution >= 4 is 42.3 Å². The average molecular weight is 390 g/mol. The number of likely N-dealkylation sites (tertiary alicyclic amines) is 1. The van der Waals surface area contributed by atoms with Gasteiger partial charge in [-0.3, -0.25) is 4.99 Å². The molecular formula is C21H25Cl2N3. The van der Waals surface area contributed by atoms with Crippen LogP contribution >= 0.6 is 24.8 Å². The highest BCUT2D eigenvalue weighted by atomic mass is 35.5. The zero-order chi connectivity index (χ0) is 16.3. The third kappa shape index (κ3) is 2.83. The van der Waals surface area contributed by atoms with Crippen molar-refractivity contribution in [2.75, 3.05) is 20.1 Å². The molecule has 0 amide bonds. The zero-order valence-electron chi connectivity index (χ0n) is 15.2. The molecule has 1 aromatic heterocycles. The first-order valence-corrected chi connectivity index (χ1v) is 8.91. The Morgan fingerprint density at radius 3 is 2.62 bits per heavy atom. The highest BCUT2D eigenvalue weighted by Gasteiger charge is 2.37. The SMILES string of the molecule is Cc1cccc2c1N=CC1=CC3(CCN(C)CC3)Cc3ccn-2c31.Cl.Cl. The van der Waals surface area contributed by atoms with E-state index >= 15 is 0 Å². The van der Waals surface area contributed by atoms with Crippen molar-refractivity contribution in [1.29, 1.82) is 0 Å². The molecule has 5 heteroatoms. The van der Waals surface area contributed by atoms with Crippen molar-refractivity contribution in [3.63, 3.8) is 0 Å². The summed E-state index contributed by atoms with van der Waals surface area (Å²) in [6.45, 7) is 4.53. The summed E-state index contributed by atoms with van der Waals surface area (Å²) in [5.74, 6) is 0. The van der Waals surface area contributed by atoms with Crippen LogP contribution in [0.1, 0.15) is 29.7 Å². The van der Waals surface area contributed by atoms with Crippen LogP contribution in [0.15, 0.2) is 41.5 Å². The molecule has 1 saturated heterocycles. The van der Waals surface area contributed by atoms with E-state index in [1.165, 1.54) is 60.4 Å². The van der Waals surface area contributed by atoms with Gasteiger partial charge < -0.3 is 9.47 Å². The molecule has 26 heavy (non-hydrogen) atoms. The number of para-hydroxylation sites is 1. The number of rotatable bonds is 0. The van der Waals surface area contributed by atoms with Gasteiger partial charge in [-0.05, 0) is 75.0 Å². The second-order valence-electron chi connectivity index (χ2n) is 7.70. The third-order valence-corrected chi connectivity index (χ3v) is 6.04. The molecule has 0 atom stereocenters. The van der Waals surface area contributed by atoms with E-state index in [4.69, 9.17) is 4.99 Å². The maximum atomic E-state index is 4.87. The molecule has 1 fully saturated rings. The number of hydrogen-bond donors (Lipinski definition) is 0. The van der Waals surface area contributed by atoms with Crippen molar-refractivity contribution in [2.45, 2.75) is 26.2 Å². The molecular weight excluding hydrogens is 365 g/mol. The van der Waals surface area contributed by atoms with Gasteiger partial charge in [-0.1, -0.05) is 18.2 Å². The van der Waals surface area contributed by atoms with Crippen LogP contribution in [0.5, 0.6) is 0 Å². The standard InChI is InChI=1S/C21H23N3.2ClH/c1-15-4-3-5-18-19(15)22-14-17-13-21(7-10-23(2)11-8-21)12-16-6-9-24(18)20(16)17;;/h3-6,9,13-14H,7-8,10-12H2,1-2H3;2*1H. The summed E-state index contributed by atoms with van der Waals surface area (Å²) in [7, 11) is 2.23. The van der Waals surface area contributed by atoms with E-state index in [-0.39, 0.29) is 24.8 Å². The maximum Gasteiger partial charge on any atom is 0.0899 e. The predicted octanol–water partition coefficient (Wildman–Crippen LogP) is 5.00. The summed E-state index contributed by atoms with van der Waals surface area (Å²) in [6, 6.07) is 8.79. The fraction of sp³-hybridized carbons (Fsp3) is 0.381. The van der Waals surface area contributed by atoms with Gasteiger partial charge in [0.15, 0.2) is 0 Å². The molecule has 5 rings (SSSR count). The van der Waals surface area contributed by atoms with Crippen LogP contribution in [0, 0.1) is 12.3 Å². The first-order chi connectivity index (χ1) is 11.7. The molecule has 0 saturated carbocycles. The summed E-state index contributed by atoms with van der Waals surface area (Å²) in [5.41, 5.74) is 8.00. The normalized spacial score (nSPS) is 19.5. The molecule has 3 aliphatic rings. The summed E-state index contributed by atoms with van der Waals surface area (Å²) in [4.78, 5) is 7.32. The van der Waals surface area contributed by atoms with Crippen LogP contribution in [0.2, 0.25) is 0 Å². The summed E-state index contributed by atoms with van der Waals surface area (Å²) in [6.07, 6.45) is 10.5. The first kappa shape index (κ1) is 19.2. The Balaban J connectivity index is 0.000000980. The van der Waals surface area contributed by atoms with Gasteiger partial charge in [0, 0.05) is 18.0 Å². The lowest BCUT2D eigenvalue weighted by molar-refractivity contribution is 0.163. The lowest BCUT2D eigenvalue weighted by Crippen LogP contribution is -2.39. The number of fused-ring (bicyclic) bond motifs is 2. The second-order valence-corrected chi connectivity index (χ2v) is 7.70. The molecule has 3 nitrogen and oxygen atoms in total. The first-order valence-electron chi connectivity index (χ1n) is 8.91. The van der Waals surface area contributed by atoms with Gasteiger partial charge in [-0.2, -0.15) is 0 Å². The van der Waals surface area contributed by atoms with Crippen molar-refractivity contribution in [2.24, 2.45) is 10.4 Å². The highest BCUT2D eigenvalue weighted by molar-refractivity contribution is 6.12. The minimum Gasteiger partial charge on any atom is -0.314 e. The van der Waals surface area contributed by atoms with E-state index in [0.29, 0.717) is 5.41 Å². The Labute approximate surface area is 167 Å². The average Bonchev–Trinajstić information content (AvgIpc) is 2.92. The Kier molecular flexibility index (Phi) is 5.08. The number of benzene rings is 1. The second kappa shape index (κ2) is 6.88. The number of piperidine rings is 1. The fourth-order valence-electron chi connectivity index (χ4n) is 4.59. The number of aryl methyl sites for hydroxylation is 1. The quantitative estimate of drug-likeness (QED) is 0.620. The Morgan fingerprint density at radius 2 is 1.85 bits per heavy atom. The number of hydrogen-bond acceptors (Lipinski definition) is 2. The van der Waals surface area contributed by atoms with Crippen LogP contribution in [-0.2, 0) is 6.42 Å². The highest BCUT2D eigenvalue weighted by Crippen LogP contribution is 2.46. The lowest BCUT2D eigenvalue weighted by atomic mass is 9.69. The topological polar surface area (TPSA) is 20.5 Å². The molecule has 138 valence electrons. The molecule has 2 aliphatic heterocycles. The number of allylic oxidation sites excluding steroid dienone is 2. The predicted molar refractivity (Wildman–Crippen MR) is 114 cm³/mol. The van der Waals surface area contributed by atoms with Crippen LogP contribution in [0.4, 0.5) is 5.69 Å². The van der Waals surface area contributed by atoms with Crippen LogP contribution in [0.25, 0.3) is 11.3 Å². The molecule has 0 unspecified atom stereocenters. The van der Waals surface area contributed by atoms with E-state index in [9.17, 15) is 0 Å².